The Morgan fingerprint density at radius 1 is 1.38 bits per heavy atom. The molecular weight excluding hydrogens is 380 g/mol. The van der Waals surface area contributed by atoms with E-state index in [-0.39, 0.29) is 0 Å². The molecule has 1 amide bonds. The van der Waals surface area contributed by atoms with Gasteiger partial charge in [0, 0.05) is 32.0 Å². The maximum absolute atomic E-state index is 11.2. The molecule has 1 aliphatic carbocycles. The summed E-state index contributed by atoms with van der Waals surface area (Å²) in [6.07, 6.45) is 11.6. The lowest BCUT2D eigenvalue weighted by molar-refractivity contribution is -0.114. The lowest BCUT2D eigenvalue weighted by Crippen LogP contribution is -2.07. The molecule has 6 heteroatoms. The van der Waals surface area contributed by atoms with Gasteiger partial charge in [0.05, 0.1) is 11.2 Å². The van der Waals surface area contributed by atoms with Crippen LogP contribution in [0.15, 0.2) is 30.0 Å². The van der Waals surface area contributed by atoms with E-state index >= 15 is 0 Å². The van der Waals surface area contributed by atoms with Gasteiger partial charge in [0.15, 0.2) is 0 Å². The number of carbonyl (C=O) groups is 1. The molecule has 1 saturated carbocycles. The van der Waals surface area contributed by atoms with Crippen molar-refractivity contribution < 1.29 is 4.79 Å². The van der Waals surface area contributed by atoms with Crippen molar-refractivity contribution in [2.75, 3.05) is 18.0 Å². The van der Waals surface area contributed by atoms with E-state index in [2.05, 4.69) is 48.3 Å². The Morgan fingerprint density at radius 3 is 2.72 bits per heavy atom. The highest BCUT2D eigenvalue weighted by Crippen LogP contribution is 2.42. The zero-order valence-corrected chi connectivity index (χ0v) is 19.0. The molecule has 1 aliphatic rings. The summed E-state index contributed by atoms with van der Waals surface area (Å²) >= 11 is 1.58. The number of aryl methyl sites for hydroxylation is 1. The highest BCUT2D eigenvalue weighted by atomic mass is 32.2. The van der Waals surface area contributed by atoms with Gasteiger partial charge in [-0.2, -0.15) is 0 Å². The van der Waals surface area contributed by atoms with Gasteiger partial charge < -0.3 is 14.2 Å². The summed E-state index contributed by atoms with van der Waals surface area (Å²) < 4.78 is 5.86. The predicted octanol–water partition coefficient (Wildman–Crippen LogP) is 5.80. The van der Waals surface area contributed by atoms with Crippen molar-refractivity contribution in [2.24, 2.45) is 0 Å². The summed E-state index contributed by atoms with van der Waals surface area (Å²) in [5.41, 5.74) is 6.54. The van der Waals surface area contributed by atoms with Gasteiger partial charge in [-0.05, 0) is 56.4 Å². The first-order chi connectivity index (χ1) is 14.0. The molecule has 29 heavy (non-hydrogen) atoms. The summed E-state index contributed by atoms with van der Waals surface area (Å²) in [6.45, 7) is 7.37. The first-order valence-corrected chi connectivity index (χ1v) is 11.6. The normalized spacial score (nSPS) is 14.2. The number of anilines is 1. The highest BCUT2D eigenvalue weighted by Gasteiger charge is 2.30. The van der Waals surface area contributed by atoms with Crippen molar-refractivity contribution in [3.63, 3.8) is 0 Å². The molecule has 2 aromatic rings. The van der Waals surface area contributed by atoms with Crippen LogP contribution in [-0.4, -0.2) is 34.2 Å². The predicted molar refractivity (Wildman–Crippen MR) is 125 cm³/mol. The van der Waals surface area contributed by atoms with Gasteiger partial charge in [0.2, 0.25) is 6.41 Å². The van der Waals surface area contributed by atoms with Gasteiger partial charge in [-0.15, -0.1) is 0 Å². The van der Waals surface area contributed by atoms with Crippen molar-refractivity contribution in [1.29, 1.82) is 0 Å². The van der Waals surface area contributed by atoms with Crippen molar-refractivity contribution in [2.45, 2.75) is 58.9 Å². The van der Waals surface area contributed by atoms with Crippen LogP contribution in [0.4, 0.5) is 5.69 Å². The number of hydrogen-bond donors (Lipinski definition) is 1. The molecule has 1 aromatic heterocycles. The number of allylic oxidation sites excluding steroid dienone is 3. The second-order valence-electron chi connectivity index (χ2n) is 8.02. The molecule has 0 radical (unpaired) electrons. The standard InChI is InChI=1S/C23H32N4OS/c1-6-7-10-27-21-13-18(19(11-16(2)3)14-26(4)15-28)12-20(25-29-5)22(21)24-23(27)17-8-9-17/h11-15,17,25H,6-10H2,1-5H3/b19-14+. The van der Waals surface area contributed by atoms with Crippen LogP contribution >= 0.6 is 11.9 Å². The van der Waals surface area contributed by atoms with Crippen molar-refractivity contribution >= 4 is 40.7 Å². The van der Waals surface area contributed by atoms with Crippen LogP contribution in [0.5, 0.6) is 0 Å². The summed E-state index contributed by atoms with van der Waals surface area (Å²) in [6, 6.07) is 4.38. The minimum Gasteiger partial charge on any atom is -0.328 e. The number of carbonyl (C=O) groups excluding carboxylic acids is 1. The maximum Gasteiger partial charge on any atom is 0.213 e. The van der Waals surface area contributed by atoms with E-state index in [0.717, 1.165) is 48.1 Å². The van der Waals surface area contributed by atoms with E-state index in [4.69, 9.17) is 4.98 Å². The van der Waals surface area contributed by atoms with Gasteiger partial charge in [0.1, 0.15) is 11.3 Å². The highest BCUT2D eigenvalue weighted by molar-refractivity contribution is 7.99. The number of hydrogen-bond acceptors (Lipinski definition) is 4. The molecule has 0 bridgehead atoms. The fraction of sp³-hybridized carbons (Fsp3) is 0.478. The van der Waals surface area contributed by atoms with Gasteiger partial charge in [-0.25, -0.2) is 4.98 Å². The number of imidazole rings is 1. The molecule has 0 unspecified atom stereocenters. The lowest BCUT2D eigenvalue weighted by Gasteiger charge is -2.13. The van der Waals surface area contributed by atoms with Crippen LogP contribution in [0, 0.1) is 0 Å². The Morgan fingerprint density at radius 2 is 2.14 bits per heavy atom. The fourth-order valence-electron chi connectivity index (χ4n) is 3.56. The van der Waals surface area contributed by atoms with E-state index in [9.17, 15) is 4.79 Å². The molecule has 0 saturated heterocycles. The van der Waals surface area contributed by atoms with Crippen LogP contribution in [0.1, 0.15) is 63.8 Å². The molecule has 0 spiro atoms. The number of benzene rings is 1. The molecule has 1 N–H and O–H groups in total. The lowest BCUT2D eigenvalue weighted by atomic mass is 10.0. The molecule has 1 fully saturated rings. The van der Waals surface area contributed by atoms with Crippen molar-refractivity contribution in [1.82, 2.24) is 14.5 Å². The Bertz CT molecular complexity index is 936. The van der Waals surface area contributed by atoms with E-state index in [1.165, 1.54) is 29.8 Å². The molecule has 1 heterocycles. The van der Waals surface area contributed by atoms with Gasteiger partial charge >= 0.3 is 0 Å². The van der Waals surface area contributed by atoms with Crippen LogP contribution in [0.25, 0.3) is 16.6 Å². The monoisotopic (exact) mass is 412 g/mol. The molecule has 1 aromatic carbocycles. The zero-order chi connectivity index (χ0) is 21.0. The SMILES string of the molecule is CCCCn1c(C2CC2)nc2c(NSC)cc(/C(C=C(C)C)=C/N(C)C=O)cc21. The number of nitrogens with one attached hydrogen (secondary N) is 1. The summed E-state index contributed by atoms with van der Waals surface area (Å²) in [5.74, 6) is 1.83. The van der Waals surface area contributed by atoms with Crippen molar-refractivity contribution in [3.8, 4) is 0 Å². The van der Waals surface area contributed by atoms with Gasteiger partial charge in [-0.3, -0.25) is 4.79 Å². The van der Waals surface area contributed by atoms with Crippen LogP contribution in [0.2, 0.25) is 0 Å². The summed E-state index contributed by atoms with van der Waals surface area (Å²) in [7, 11) is 1.77. The third kappa shape index (κ3) is 5.04. The topological polar surface area (TPSA) is 50.2 Å². The maximum atomic E-state index is 11.2. The van der Waals surface area contributed by atoms with Gasteiger partial charge in [-0.1, -0.05) is 36.9 Å². The van der Waals surface area contributed by atoms with E-state index < -0.39 is 0 Å². The zero-order valence-electron chi connectivity index (χ0n) is 18.2. The van der Waals surface area contributed by atoms with Crippen LogP contribution in [0.3, 0.4) is 0 Å². The smallest absolute Gasteiger partial charge is 0.213 e. The van der Waals surface area contributed by atoms with Crippen molar-refractivity contribution in [3.05, 3.63) is 41.4 Å². The second-order valence-corrected chi connectivity index (χ2v) is 8.64. The Hall–Kier alpha value is -2.21. The summed E-state index contributed by atoms with van der Waals surface area (Å²) in [4.78, 5) is 17.9. The third-order valence-electron chi connectivity index (χ3n) is 5.06. The summed E-state index contributed by atoms with van der Waals surface area (Å²) in [5, 5.41) is 0. The van der Waals surface area contributed by atoms with Gasteiger partial charge in [0.25, 0.3) is 0 Å². The number of fused-ring (bicyclic) bond motifs is 1. The largest absolute Gasteiger partial charge is 0.328 e. The number of aromatic nitrogens is 2. The van der Waals surface area contributed by atoms with Crippen LogP contribution in [-0.2, 0) is 11.3 Å². The Balaban J connectivity index is 2.22. The molecule has 0 aliphatic heterocycles. The minimum absolute atomic E-state index is 0.596. The first kappa shape index (κ1) is 21.5. The Kier molecular flexibility index (Phi) is 7.06. The first-order valence-electron chi connectivity index (χ1n) is 10.4. The average molecular weight is 413 g/mol. The quantitative estimate of drug-likeness (QED) is 0.304. The molecule has 5 nitrogen and oxygen atoms in total. The average Bonchev–Trinajstić information content (AvgIpc) is 3.47. The van der Waals surface area contributed by atoms with E-state index in [1.807, 2.05) is 12.5 Å². The number of amides is 1. The molecule has 0 atom stereocenters. The number of unbranched alkanes of at least 4 members (excludes halogenated alkanes) is 1. The number of nitrogens with zero attached hydrogens (tertiary/aromatic N) is 3. The fourth-order valence-corrected chi connectivity index (χ4v) is 3.93. The molecular formula is C23H32N4OS. The second kappa shape index (κ2) is 9.53. The van der Waals surface area contributed by atoms with E-state index in [1.54, 1.807) is 23.9 Å². The third-order valence-corrected chi connectivity index (χ3v) is 5.48. The van der Waals surface area contributed by atoms with Crippen LogP contribution < -0.4 is 4.72 Å². The Labute approximate surface area is 178 Å². The van der Waals surface area contributed by atoms with E-state index in [0.29, 0.717) is 5.92 Å². The minimum atomic E-state index is 0.596. The molecule has 3 rings (SSSR count). The number of rotatable bonds is 10. The molecule has 156 valence electrons.